The first kappa shape index (κ1) is 45.6. The van der Waals surface area contributed by atoms with Crippen LogP contribution in [0.1, 0.15) is 145 Å². The molecular weight excluding hydrogens is 793 g/mol. The molecule has 336 valence electrons. The van der Waals surface area contributed by atoms with E-state index in [4.69, 9.17) is 8.83 Å². The van der Waals surface area contributed by atoms with Crippen LogP contribution in [0.5, 0.6) is 0 Å². The molecule has 0 N–H and O–H groups in total. The van der Waals surface area contributed by atoms with Gasteiger partial charge in [0.05, 0.1) is 0 Å². The van der Waals surface area contributed by atoms with Crippen LogP contribution in [0.3, 0.4) is 0 Å². The topological polar surface area (TPSA) is 34.5 Å². The number of hydrogen-bond donors (Lipinski definition) is 0. The number of aromatic nitrogens is 1. The number of hydrogen-bond acceptors (Lipinski definition) is 3. The van der Waals surface area contributed by atoms with Crippen LogP contribution in [-0.2, 0) is 19.3 Å². The molecule has 0 radical (unpaired) electrons. The third kappa shape index (κ3) is 9.41. The van der Waals surface area contributed by atoms with Crippen LogP contribution in [0.25, 0.3) is 62.5 Å². The zero-order chi connectivity index (χ0) is 45.5. The molecule has 3 aliphatic rings. The summed E-state index contributed by atoms with van der Waals surface area (Å²) in [5.41, 5.74) is 17.7. The van der Waals surface area contributed by atoms with Crippen molar-refractivity contribution in [2.75, 3.05) is 0 Å². The molecule has 0 amide bonds. The van der Waals surface area contributed by atoms with Crippen LogP contribution in [0.4, 0.5) is 0 Å². The van der Waals surface area contributed by atoms with Gasteiger partial charge in [0, 0.05) is 46.0 Å². The second-order valence-electron chi connectivity index (χ2n) is 18.2. The smallest absolute Gasteiger partial charge is 0.153 e. The molecule has 3 aromatic carbocycles. The van der Waals surface area contributed by atoms with Crippen molar-refractivity contribution in [1.82, 2.24) is 9.47 Å². The molecule has 2 aliphatic carbocycles. The summed E-state index contributed by atoms with van der Waals surface area (Å²) < 4.78 is 15.9. The van der Waals surface area contributed by atoms with Gasteiger partial charge in [-0.25, -0.2) is 0 Å². The number of rotatable bonds is 13. The summed E-state index contributed by atoms with van der Waals surface area (Å²) in [7, 11) is 0. The van der Waals surface area contributed by atoms with Crippen molar-refractivity contribution >= 4 is 62.5 Å². The molecule has 1 aliphatic heterocycles. The van der Waals surface area contributed by atoms with E-state index >= 15 is 0 Å². The average molecular weight is 863 g/mol. The average Bonchev–Trinajstić information content (AvgIpc) is 4.01. The highest BCUT2D eigenvalue weighted by atomic mass is 16.3. The number of furan rings is 2. The second kappa shape index (κ2) is 20.9. The Labute approximate surface area is 388 Å². The Kier molecular flexibility index (Phi) is 14.6. The van der Waals surface area contributed by atoms with Gasteiger partial charge in [-0.15, -0.1) is 0 Å². The van der Waals surface area contributed by atoms with Gasteiger partial charge in [-0.2, -0.15) is 0 Å². The zero-order valence-corrected chi connectivity index (χ0v) is 40.3. The van der Waals surface area contributed by atoms with Crippen molar-refractivity contribution in [2.45, 2.75) is 132 Å². The fourth-order valence-electron chi connectivity index (χ4n) is 10.6. The lowest BCUT2D eigenvalue weighted by atomic mass is 9.84. The van der Waals surface area contributed by atoms with Crippen molar-refractivity contribution in [2.24, 2.45) is 5.92 Å². The summed E-state index contributed by atoms with van der Waals surface area (Å²) in [6.45, 7) is 17.8. The molecule has 65 heavy (non-hydrogen) atoms. The number of benzene rings is 3. The van der Waals surface area contributed by atoms with Crippen LogP contribution >= 0.6 is 0 Å². The van der Waals surface area contributed by atoms with E-state index in [0.29, 0.717) is 12.0 Å². The van der Waals surface area contributed by atoms with E-state index in [0.717, 1.165) is 102 Å². The third-order valence-electron chi connectivity index (χ3n) is 13.8. The summed E-state index contributed by atoms with van der Waals surface area (Å²) in [5, 5.41) is 3.40. The molecule has 0 fully saturated rings. The van der Waals surface area contributed by atoms with Gasteiger partial charge in [-0.05, 0) is 178 Å². The maximum Gasteiger partial charge on any atom is 0.153 e. The van der Waals surface area contributed by atoms with Gasteiger partial charge in [0.15, 0.2) is 5.76 Å². The molecule has 4 nitrogen and oxygen atoms in total. The molecule has 4 heteroatoms. The minimum Gasteiger partial charge on any atom is -0.456 e. The largest absolute Gasteiger partial charge is 0.456 e. The first-order valence-corrected chi connectivity index (χ1v) is 24.7. The van der Waals surface area contributed by atoms with Crippen LogP contribution in [0, 0.1) is 12.8 Å². The number of aryl methyl sites for hydroxylation is 2. The predicted octanol–water partition coefficient (Wildman–Crippen LogP) is 17.6. The van der Waals surface area contributed by atoms with Gasteiger partial charge in [0.2, 0.25) is 0 Å². The van der Waals surface area contributed by atoms with E-state index in [1.165, 1.54) is 68.8 Å². The molecule has 2 unspecified atom stereocenters. The van der Waals surface area contributed by atoms with Crippen molar-refractivity contribution in [3.05, 3.63) is 172 Å². The SMILES string of the molecule is C/C=C\C=C/C1=CN(/C(=C/n2c3c(c(CC)c2/C=C\C)CCC=C3)c2cc3c(ccc4oc5ccc(CCC)cc5c43)o2)C(CCC)CC1CC.CC1=C(c2ccccc2C)CCC=C1. The Morgan fingerprint density at radius 2 is 1.55 bits per heavy atom. The Hall–Kier alpha value is -6.00. The minimum absolute atomic E-state index is 0.349. The minimum atomic E-state index is 0.349. The van der Waals surface area contributed by atoms with E-state index in [-0.39, 0.29) is 0 Å². The maximum atomic E-state index is 6.99. The number of allylic oxidation sites excluding steroid dienone is 11. The van der Waals surface area contributed by atoms with Gasteiger partial charge in [0.1, 0.15) is 22.4 Å². The molecule has 0 saturated carbocycles. The molecule has 2 atom stereocenters. The van der Waals surface area contributed by atoms with Crippen molar-refractivity contribution in [1.29, 1.82) is 0 Å². The summed E-state index contributed by atoms with van der Waals surface area (Å²) >= 11 is 0. The van der Waals surface area contributed by atoms with Gasteiger partial charge in [-0.1, -0.05) is 119 Å². The first-order valence-electron chi connectivity index (χ1n) is 24.7. The van der Waals surface area contributed by atoms with Gasteiger partial charge < -0.3 is 18.3 Å². The van der Waals surface area contributed by atoms with Crippen LogP contribution in [-0.4, -0.2) is 15.5 Å². The Balaban J connectivity index is 0.000000349. The molecule has 0 saturated heterocycles. The van der Waals surface area contributed by atoms with E-state index in [2.05, 4.69) is 199 Å². The van der Waals surface area contributed by atoms with E-state index in [1.54, 1.807) is 0 Å². The quantitative estimate of drug-likeness (QED) is 0.109. The molecule has 0 spiro atoms. The fourth-order valence-corrected chi connectivity index (χ4v) is 10.6. The first-order chi connectivity index (χ1) is 31.8. The molecule has 9 rings (SSSR count). The van der Waals surface area contributed by atoms with Crippen LogP contribution < -0.4 is 0 Å². The maximum absolute atomic E-state index is 6.99. The highest BCUT2D eigenvalue weighted by Gasteiger charge is 2.32. The highest BCUT2D eigenvalue weighted by Crippen LogP contribution is 2.43. The summed E-state index contributed by atoms with van der Waals surface area (Å²) in [5.74, 6) is 1.39. The molecular formula is C61H70N2O2. The summed E-state index contributed by atoms with van der Waals surface area (Å²) in [4.78, 5) is 2.55. The molecule has 6 aromatic rings. The molecule has 0 bridgehead atoms. The van der Waals surface area contributed by atoms with Crippen molar-refractivity contribution < 1.29 is 8.83 Å². The summed E-state index contributed by atoms with van der Waals surface area (Å²) in [6.07, 6.45) is 39.3. The lowest BCUT2D eigenvalue weighted by molar-refractivity contribution is 0.272. The normalized spacial score (nSPS) is 18.0. The standard InChI is InChI=1S/C47H54N2O2.C14H16/c1-7-13-14-20-34-30-48(35(18-9-3)28-33(34)11-5)42(31-49-40(19-10-4)36(12-6)37-21-15-16-22-41(37)49)46-29-39-44(51-46)25-26-45-47(39)38-27-32(17-8-2)23-24-43(38)50-45;1-11-7-3-5-9-13(11)14-10-6-4-8-12(14)2/h7,10,13-14,16,19-20,22-27,29-31,33,35H,8-9,11-12,15,17-18,21,28H2,1-6H3;3-5,7-9H,6,10H2,1-2H3/b13-7-,19-10-,20-14-,42-31+;. The highest BCUT2D eigenvalue weighted by molar-refractivity contribution is 6.18. The summed E-state index contributed by atoms with van der Waals surface area (Å²) in [6, 6.07) is 22.1. The number of nitrogens with zero attached hydrogens (tertiary/aromatic N) is 2. The molecule has 4 heterocycles. The Morgan fingerprint density at radius 3 is 2.31 bits per heavy atom. The number of fused-ring (bicyclic) bond motifs is 6. The van der Waals surface area contributed by atoms with Gasteiger partial charge in [-0.3, -0.25) is 0 Å². The van der Waals surface area contributed by atoms with Crippen molar-refractivity contribution in [3.8, 4) is 0 Å². The Bertz CT molecular complexity index is 2900. The second-order valence-corrected chi connectivity index (χ2v) is 18.2. The van der Waals surface area contributed by atoms with Crippen LogP contribution in [0.15, 0.2) is 135 Å². The fraction of sp³-hybridized carbons (Fsp3) is 0.344. The van der Waals surface area contributed by atoms with Crippen molar-refractivity contribution in [3.63, 3.8) is 0 Å². The Morgan fingerprint density at radius 1 is 0.785 bits per heavy atom. The van der Waals surface area contributed by atoms with E-state index in [1.807, 2.05) is 0 Å². The molecule has 3 aromatic heterocycles. The third-order valence-corrected chi connectivity index (χ3v) is 13.8. The lowest BCUT2D eigenvalue weighted by Crippen LogP contribution is -2.36. The van der Waals surface area contributed by atoms with E-state index < -0.39 is 0 Å². The van der Waals surface area contributed by atoms with Gasteiger partial charge in [0.25, 0.3) is 0 Å². The monoisotopic (exact) mass is 863 g/mol. The van der Waals surface area contributed by atoms with Gasteiger partial charge >= 0.3 is 0 Å². The lowest BCUT2D eigenvalue weighted by Gasteiger charge is -2.39. The van der Waals surface area contributed by atoms with Crippen LogP contribution in [0.2, 0.25) is 0 Å². The van der Waals surface area contributed by atoms with E-state index in [9.17, 15) is 0 Å². The zero-order valence-electron chi connectivity index (χ0n) is 40.3. The predicted molar refractivity (Wildman–Crippen MR) is 281 cm³/mol.